The van der Waals surface area contributed by atoms with E-state index in [4.69, 9.17) is 5.26 Å². The molecule has 3 aromatic rings. The number of fused-ring (bicyclic) bond motifs is 1. The Morgan fingerprint density at radius 2 is 1.89 bits per heavy atom. The maximum Gasteiger partial charge on any atom is 0.186 e. The average Bonchev–Trinajstić information content (AvgIpc) is 2.80. The Kier molecular flexibility index (Phi) is 2.43. The highest BCUT2D eigenvalue weighted by Crippen LogP contribution is 2.29. The van der Waals surface area contributed by atoms with Crippen molar-refractivity contribution in [1.82, 2.24) is 15.0 Å². The van der Waals surface area contributed by atoms with E-state index in [-0.39, 0.29) is 5.75 Å². The zero-order chi connectivity index (χ0) is 13.4. The highest BCUT2D eigenvalue weighted by Gasteiger charge is 2.12. The topological polar surface area (TPSA) is 74.7 Å². The van der Waals surface area contributed by atoms with Crippen LogP contribution < -0.4 is 0 Å². The number of hydrogen-bond donors (Lipinski definition) is 1. The number of phenols is 1. The summed E-state index contributed by atoms with van der Waals surface area (Å²) in [6.45, 7) is 1.79. The molecule has 5 nitrogen and oxygen atoms in total. The van der Waals surface area contributed by atoms with Gasteiger partial charge in [0.15, 0.2) is 5.69 Å². The largest absolute Gasteiger partial charge is 0.507 e. The van der Waals surface area contributed by atoms with Gasteiger partial charge in [0.05, 0.1) is 11.4 Å². The Bertz CT molecular complexity index is 814. The molecule has 0 saturated carbocycles. The van der Waals surface area contributed by atoms with Crippen LogP contribution in [0.5, 0.6) is 5.75 Å². The Morgan fingerprint density at radius 1 is 1.16 bits per heavy atom. The molecule has 2 aromatic carbocycles. The van der Waals surface area contributed by atoms with Gasteiger partial charge >= 0.3 is 0 Å². The third-order valence-corrected chi connectivity index (χ3v) is 3.10. The second kappa shape index (κ2) is 4.10. The van der Waals surface area contributed by atoms with Crippen molar-refractivity contribution in [2.24, 2.45) is 0 Å². The number of nitrogens with zero attached hydrogens (tertiary/aromatic N) is 4. The second-order valence-corrected chi connectivity index (χ2v) is 4.20. The van der Waals surface area contributed by atoms with E-state index in [1.807, 2.05) is 30.3 Å². The molecule has 0 aliphatic carbocycles. The number of nitriles is 1. The first-order valence-electron chi connectivity index (χ1n) is 5.76. The summed E-state index contributed by atoms with van der Waals surface area (Å²) in [4.78, 5) is 0. The molecule has 0 unspecified atom stereocenters. The van der Waals surface area contributed by atoms with Gasteiger partial charge in [-0.3, -0.25) is 0 Å². The Balaban J connectivity index is 2.35. The third kappa shape index (κ3) is 1.62. The molecule has 0 radical (unpaired) electrons. The summed E-state index contributed by atoms with van der Waals surface area (Å²) in [6, 6.07) is 12.9. The number of phenolic OH excluding ortho intramolecular Hbond substituents is 1. The van der Waals surface area contributed by atoms with Crippen LogP contribution in [-0.2, 0) is 0 Å². The molecule has 1 N–H and O–H groups in total. The van der Waals surface area contributed by atoms with Crippen LogP contribution in [0, 0.1) is 18.3 Å². The summed E-state index contributed by atoms with van der Waals surface area (Å²) in [5.74, 6) is 0.220. The summed E-state index contributed by atoms with van der Waals surface area (Å²) < 4.78 is 1.61. The monoisotopic (exact) mass is 250 g/mol. The summed E-state index contributed by atoms with van der Waals surface area (Å²) >= 11 is 0. The van der Waals surface area contributed by atoms with E-state index in [1.165, 1.54) is 0 Å². The molecule has 0 saturated heterocycles. The van der Waals surface area contributed by atoms with Gasteiger partial charge in [-0.25, -0.2) is 4.68 Å². The predicted molar refractivity (Wildman–Crippen MR) is 70.0 cm³/mol. The minimum Gasteiger partial charge on any atom is -0.507 e. The molecule has 0 spiro atoms. The highest BCUT2D eigenvalue weighted by atomic mass is 16.3. The lowest BCUT2D eigenvalue weighted by Gasteiger charge is -2.08. The van der Waals surface area contributed by atoms with Crippen LogP contribution in [0.3, 0.4) is 0 Å². The van der Waals surface area contributed by atoms with Crippen LogP contribution in [-0.4, -0.2) is 20.1 Å². The van der Waals surface area contributed by atoms with Crippen molar-refractivity contribution in [3.05, 3.63) is 47.8 Å². The maximum atomic E-state index is 9.87. The molecule has 1 aromatic heterocycles. The van der Waals surface area contributed by atoms with E-state index in [2.05, 4.69) is 10.3 Å². The van der Waals surface area contributed by atoms with Crippen LogP contribution in [0.2, 0.25) is 0 Å². The molecule has 1 heterocycles. The fourth-order valence-electron chi connectivity index (χ4n) is 2.12. The molecule has 0 aliphatic rings. The first-order valence-corrected chi connectivity index (χ1v) is 5.76. The maximum absolute atomic E-state index is 9.87. The van der Waals surface area contributed by atoms with Gasteiger partial charge in [0, 0.05) is 10.8 Å². The summed E-state index contributed by atoms with van der Waals surface area (Å²) in [5, 5.41) is 28.2. The summed E-state index contributed by atoms with van der Waals surface area (Å²) in [5.41, 5.74) is 1.77. The van der Waals surface area contributed by atoms with E-state index in [1.54, 1.807) is 23.7 Å². The third-order valence-electron chi connectivity index (χ3n) is 3.10. The lowest BCUT2D eigenvalue weighted by atomic mass is 10.1. The van der Waals surface area contributed by atoms with E-state index in [0.717, 1.165) is 16.5 Å². The number of aromatic nitrogens is 3. The molecule has 0 amide bonds. The zero-order valence-electron chi connectivity index (χ0n) is 10.2. The van der Waals surface area contributed by atoms with E-state index < -0.39 is 0 Å². The van der Waals surface area contributed by atoms with E-state index >= 15 is 0 Å². The number of benzene rings is 2. The van der Waals surface area contributed by atoms with Crippen molar-refractivity contribution in [3.8, 4) is 17.5 Å². The molecule has 0 aliphatic heterocycles. The van der Waals surface area contributed by atoms with Crippen molar-refractivity contribution in [2.45, 2.75) is 6.92 Å². The Labute approximate surface area is 109 Å². The van der Waals surface area contributed by atoms with Gasteiger partial charge in [0.25, 0.3) is 0 Å². The fraction of sp³-hybridized carbons (Fsp3) is 0.0714. The van der Waals surface area contributed by atoms with Crippen LogP contribution >= 0.6 is 0 Å². The standard InChI is InChI=1S/C14H10N4O/c1-9-12(8-15)16-17-18(9)13-6-2-5-11-10(13)4-3-7-14(11)19/h2-7,19H,1H3. The SMILES string of the molecule is Cc1c(C#N)nnn1-c1cccc2c(O)cccc12. The lowest BCUT2D eigenvalue weighted by molar-refractivity contribution is 0.481. The molecule has 0 fully saturated rings. The van der Waals surface area contributed by atoms with Crippen molar-refractivity contribution < 1.29 is 5.11 Å². The van der Waals surface area contributed by atoms with Crippen molar-refractivity contribution in [1.29, 1.82) is 5.26 Å². The molecule has 5 heteroatoms. The molecule has 0 bridgehead atoms. The van der Waals surface area contributed by atoms with Crippen LogP contribution in [0.25, 0.3) is 16.5 Å². The predicted octanol–water partition coefficient (Wildman–Crippen LogP) is 2.31. The van der Waals surface area contributed by atoms with Crippen LogP contribution in [0.4, 0.5) is 0 Å². The average molecular weight is 250 g/mol. The van der Waals surface area contributed by atoms with Gasteiger partial charge in [-0.15, -0.1) is 5.10 Å². The first kappa shape index (κ1) is 11.2. The van der Waals surface area contributed by atoms with Gasteiger partial charge in [-0.1, -0.05) is 29.5 Å². The van der Waals surface area contributed by atoms with Gasteiger partial charge < -0.3 is 5.11 Å². The molecule has 19 heavy (non-hydrogen) atoms. The van der Waals surface area contributed by atoms with Crippen molar-refractivity contribution in [2.75, 3.05) is 0 Å². The molecular weight excluding hydrogens is 240 g/mol. The number of rotatable bonds is 1. The Hall–Kier alpha value is -2.87. The minimum absolute atomic E-state index is 0.220. The summed E-state index contributed by atoms with van der Waals surface area (Å²) in [6.07, 6.45) is 0. The molecule has 92 valence electrons. The normalized spacial score (nSPS) is 10.5. The molecule has 0 atom stereocenters. The quantitative estimate of drug-likeness (QED) is 0.719. The smallest absolute Gasteiger partial charge is 0.186 e. The van der Waals surface area contributed by atoms with Crippen LogP contribution in [0.1, 0.15) is 11.4 Å². The number of hydrogen-bond acceptors (Lipinski definition) is 4. The fourth-order valence-corrected chi connectivity index (χ4v) is 2.12. The Morgan fingerprint density at radius 3 is 2.63 bits per heavy atom. The highest BCUT2D eigenvalue weighted by molar-refractivity contribution is 5.94. The second-order valence-electron chi connectivity index (χ2n) is 4.20. The van der Waals surface area contributed by atoms with E-state index in [9.17, 15) is 5.11 Å². The lowest BCUT2D eigenvalue weighted by Crippen LogP contribution is -2.00. The van der Waals surface area contributed by atoms with Crippen LogP contribution in [0.15, 0.2) is 36.4 Å². The molecular formula is C14H10N4O. The summed E-state index contributed by atoms with van der Waals surface area (Å²) in [7, 11) is 0. The zero-order valence-corrected chi connectivity index (χ0v) is 10.2. The van der Waals surface area contributed by atoms with Gasteiger partial charge in [0.1, 0.15) is 11.8 Å². The van der Waals surface area contributed by atoms with Gasteiger partial charge in [0.2, 0.25) is 0 Å². The van der Waals surface area contributed by atoms with E-state index in [0.29, 0.717) is 11.4 Å². The number of aromatic hydroxyl groups is 1. The van der Waals surface area contributed by atoms with Crippen molar-refractivity contribution >= 4 is 10.8 Å². The molecule has 3 rings (SSSR count). The van der Waals surface area contributed by atoms with Gasteiger partial charge in [-0.2, -0.15) is 5.26 Å². The van der Waals surface area contributed by atoms with Crippen molar-refractivity contribution in [3.63, 3.8) is 0 Å². The minimum atomic E-state index is 0.220. The first-order chi connectivity index (χ1) is 9.22. The van der Waals surface area contributed by atoms with Gasteiger partial charge in [-0.05, 0) is 19.1 Å².